The number of hydrogen-bond acceptors (Lipinski definition) is 2. The Balaban J connectivity index is 1.99. The van der Waals surface area contributed by atoms with Gasteiger partial charge in [0.15, 0.2) is 0 Å². The summed E-state index contributed by atoms with van der Waals surface area (Å²) in [5, 5.41) is 0.670. The molecule has 0 atom stereocenters. The number of halogens is 1. The van der Waals surface area contributed by atoms with Crippen molar-refractivity contribution in [2.75, 3.05) is 12.8 Å². The van der Waals surface area contributed by atoms with Crippen LogP contribution in [0.15, 0.2) is 54.6 Å². The lowest BCUT2D eigenvalue weighted by molar-refractivity contribution is -0.125. The third-order valence-electron chi connectivity index (χ3n) is 3.01. The van der Waals surface area contributed by atoms with E-state index in [0.717, 1.165) is 11.1 Å². The molecule has 3 nitrogen and oxygen atoms in total. The number of anilines is 1. The van der Waals surface area contributed by atoms with Gasteiger partial charge in [-0.1, -0.05) is 35.9 Å². The molecule has 2 rings (SSSR count). The molecule has 0 radical (unpaired) electrons. The molecule has 4 heteroatoms. The summed E-state index contributed by atoms with van der Waals surface area (Å²) < 4.78 is 0. The van der Waals surface area contributed by atoms with Crippen molar-refractivity contribution in [3.63, 3.8) is 0 Å². The zero-order valence-electron chi connectivity index (χ0n) is 11.8. The summed E-state index contributed by atoms with van der Waals surface area (Å²) in [5.74, 6) is -0.0719. The molecule has 0 fully saturated rings. The lowest BCUT2D eigenvalue weighted by atomic mass is 10.2. The predicted octanol–water partition coefficient (Wildman–Crippen LogP) is 3.59. The van der Waals surface area contributed by atoms with Gasteiger partial charge in [-0.25, -0.2) is 0 Å². The van der Waals surface area contributed by atoms with E-state index in [4.69, 9.17) is 17.3 Å². The molecule has 0 spiro atoms. The Morgan fingerprint density at radius 3 is 2.71 bits per heavy atom. The van der Waals surface area contributed by atoms with Crippen LogP contribution in [0.25, 0.3) is 6.08 Å². The first kappa shape index (κ1) is 15.1. The Hall–Kier alpha value is -2.26. The standard InChI is InChI=1S/C17H17ClN2O/c1-20(12-14-5-2-6-15(18)10-14)17(21)9-8-13-4-3-7-16(19)11-13/h2-11H,12,19H2,1H3/b9-8+. The van der Waals surface area contributed by atoms with E-state index in [1.807, 2.05) is 48.5 Å². The molecule has 0 saturated carbocycles. The minimum Gasteiger partial charge on any atom is -0.399 e. The van der Waals surface area contributed by atoms with E-state index in [9.17, 15) is 4.79 Å². The van der Waals surface area contributed by atoms with E-state index >= 15 is 0 Å². The van der Waals surface area contributed by atoms with Crippen LogP contribution in [-0.4, -0.2) is 17.9 Å². The average molecular weight is 301 g/mol. The molecule has 1 amide bonds. The lowest BCUT2D eigenvalue weighted by Gasteiger charge is -2.15. The van der Waals surface area contributed by atoms with Crippen LogP contribution in [0.1, 0.15) is 11.1 Å². The molecule has 0 aliphatic carbocycles. The number of nitrogen functional groups attached to an aromatic ring is 1. The summed E-state index contributed by atoms with van der Waals surface area (Å²) in [7, 11) is 1.76. The Kier molecular flexibility index (Phi) is 5.01. The molecule has 0 aromatic heterocycles. The fourth-order valence-electron chi connectivity index (χ4n) is 1.94. The molecule has 0 unspecified atom stereocenters. The Labute approximate surface area is 129 Å². The minimum absolute atomic E-state index is 0.0719. The second-order valence-electron chi connectivity index (χ2n) is 4.83. The molecular weight excluding hydrogens is 284 g/mol. The van der Waals surface area contributed by atoms with Gasteiger partial charge in [-0.3, -0.25) is 4.79 Å². The van der Waals surface area contributed by atoms with Crippen molar-refractivity contribution in [2.24, 2.45) is 0 Å². The zero-order valence-corrected chi connectivity index (χ0v) is 12.5. The van der Waals surface area contributed by atoms with E-state index in [-0.39, 0.29) is 5.91 Å². The quantitative estimate of drug-likeness (QED) is 0.693. The maximum atomic E-state index is 12.1. The number of amides is 1. The topological polar surface area (TPSA) is 46.3 Å². The molecule has 2 aromatic rings. The molecule has 0 aliphatic heterocycles. The fraction of sp³-hybridized carbons (Fsp3) is 0.118. The number of hydrogen-bond donors (Lipinski definition) is 1. The second-order valence-corrected chi connectivity index (χ2v) is 5.26. The zero-order chi connectivity index (χ0) is 15.2. The van der Waals surface area contributed by atoms with Gasteiger partial charge >= 0.3 is 0 Å². The van der Waals surface area contributed by atoms with Crippen molar-refractivity contribution < 1.29 is 4.79 Å². The van der Waals surface area contributed by atoms with Crippen LogP contribution in [0.2, 0.25) is 5.02 Å². The largest absolute Gasteiger partial charge is 0.399 e. The highest BCUT2D eigenvalue weighted by Crippen LogP contribution is 2.13. The second kappa shape index (κ2) is 6.95. The number of nitrogens with two attached hydrogens (primary N) is 1. The summed E-state index contributed by atoms with van der Waals surface area (Å²) in [6.07, 6.45) is 3.30. The Bertz CT molecular complexity index is 667. The first-order chi connectivity index (χ1) is 10.0. The highest BCUT2D eigenvalue weighted by atomic mass is 35.5. The molecule has 0 bridgehead atoms. The summed E-state index contributed by atoms with van der Waals surface area (Å²) in [6.45, 7) is 0.515. The van der Waals surface area contributed by atoms with E-state index in [1.54, 1.807) is 24.1 Å². The minimum atomic E-state index is -0.0719. The highest BCUT2D eigenvalue weighted by Gasteiger charge is 2.06. The van der Waals surface area contributed by atoms with Crippen LogP contribution in [0, 0.1) is 0 Å². The molecule has 2 aromatic carbocycles. The first-order valence-electron chi connectivity index (χ1n) is 6.58. The Morgan fingerprint density at radius 2 is 2.00 bits per heavy atom. The van der Waals surface area contributed by atoms with Crippen LogP contribution in [0.3, 0.4) is 0 Å². The normalized spacial score (nSPS) is 10.8. The molecule has 0 aliphatic rings. The van der Waals surface area contributed by atoms with Crippen molar-refractivity contribution >= 4 is 29.3 Å². The van der Waals surface area contributed by atoms with E-state index in [2.05, 4.69) is 0 Å². The maximum Gasteiger partial charge on any atom is 0.246 e. The van der Waals surface area contributed by atoms with E-state index in [0.29, 0.717) is 17.3 Å². The number of carbonyl (C=O) groups excluding carboxylic acids is 1. The maximum absolute atomic E-state index is 12.1. The summed E-state index contributed by atoms with van der Waals surface area (Å²) >= 11 is 5.93. The first-order valence-corrected chi connectivity index (χ1v) is 6.95. The number of nitrogens with zero attached hydrogens (tertiary/aromatic N) is 1. The molecular formula is C17H17ClN2O. The van der Waals surface area contributed by atoms with E-state index in [1.165, 1.54) is 0 Å². The molecule has 0 heterocycles. The third-order valence-corrected chi connectivity index (χ3v) is 3.25. The van der Waals surface area contributed by atoms with Crippen LogP contribution >= 0.6 is 11.6 Å². The summed E-state index contributed by atoms with van der Waals surface area (Å²) in [6, 6.07) is 14.9. The van der Waals surface area contributed by atoms with Crippen LogP contribution in [-0.2, 0) is 11.3 Å². The molecule has 21 heavy (non-hydrogen) atoms. The van der Waals surface area contributed by atoms with Crippen molar-refractivity contribution in [1.82, 2.24) is 4.90 Å². The molecule has 108 valence electrons. The summed E-state index contributed by atoms with van der Waals surface area (Å²) in [4.78, 5) is 13.7. The predicted molar refractivity (Wildman–Crippen MR) is 87.8 cm³/mol. The van der Waals surface area contributed by atoms with Gasteiger partial charge in [0.2, 0.25) is 5.91 Å². The highest BCUT2D eigenvalue weighted by molar-refractivity contribution is 6.30. The van der Waals surface area contributed by atoms with Gasteiger partial charge in [0, 0.05) is 30.4 Å². The third kappa shape index (κ3) is 4.65. The average Bonchev–Trinajstić information content (AvgIpc) is 2.45. The Morgan fingerprint density at radius 1 is 1.24 bits per heavy atom. The number of carbonyl (C=O) groups is 1. The van der Waals surface area contributed by atoms with Crippen LogP contribution < -0.4 is 5.73 Å². The molecule has 2 N–H and O–H groups in total. The summed E-state index contributed by atoms with van der Waals surface area (Å²) in [5.41, 5.74) is 8.28. The van der Waals surface area contributed by atoms with Crippen molar-refractivity contribution in [3.05, 3.63) is 70.8 Å². The van der Waals surface area contributed by atoms with Gasteiger partial charge in [0.25, 0.3) is 0 Å². The molecule has 0 saturated heterocycles. The van der Waals surface area contributed by atoms with E-state index < -0.39 is 0 Å². The van der Waals surface area contributed by atoms with Crippen LogP contribution in [0.5, 0.6) is 0 Å². The van der Waals surface area contributed by atoms with Crippen molar-refractivity contribution in [3.8, 4) is 0 Å². The number of rotatable bonds is 4. The van der Waals surface area contributed by atoms with Gasteiger partial charge in [-0.15, -0.1) is 0 Å². The lowest BCUT2D eigenvalue weighted by Crippen LogP contribution is -2.24. The van der Waals surface area contributed by atoms with Gasteiger partial charge < -0.3 is 10.6 Å². The number of likely N-dealkylation sites (N-methyl/N-ethyl adjacent to an activating group) is 1. The monoisotopic (exact) mass is 300 g/mol. The van der Waals surface area contributed by atoms with Gasteiger partial charge in [0.05, 0.1) is 0 Å². The number of benzene rings is 2. The van der Waals surface area contributed by atoms with Crippen LogP contribution in [0.4, 0.5) is 5.69 Å². The fourth-order valence-corrected chi connectivity index (χ4v) is 2.16. The van der Waals surface area contributed by atoms with Gasteiger partial charge in [-0.2, -0.15) is 0 Å². The van der Waals surface area contributed by atoms with Crippen molar-refractivity contribution in [1.29, 1.82) is 0 Å². The van der Waals surface area contributed by atoms with Gasteiger partial charge in [0.1, 0.15) is 0 Å². The smallest absolute Gasteiger partial charge is 0.246 e. The van der Waals surface area contributed by atoms with Crippen molar-refractivity contribution in [2.45, 2.75) is 6.54 Å². The SMILES string of the molecule is CN(Cc1cccc(Cl)c1)C(=O)/C=C/c1cccc(N)c1. The van der Waals surface area contributed by atoms with Gasteiger partial charge in [-0.05, 0) is 41.5 Å².